The predicted octanol–water partition coefficient (Wildman–Crippen LogP) is 4.93. The normalized spacial score (nSPS) is 10.9. The summed E-state index contributed by atoms with van der Waals surface area (Å²) in [5.41, 5.74) is 1.44. The van der Waals surface area contributed by atoms with Gasteiger partial charge in [0, 0.05) is 5.97 Å². The highest BCUT2D eigenvalue weighted by molar-refractivity contribution is 5.64. The van der Waals surface area contributed by atoms with Crippen molar-refractivity contribution in [1.82, 2.24) is 4.48 Å². The van der Waals surface area contributed by atoms with Crippen LogP contribution >= 0.6 is 0 Å². The molecule has 1 aromatic rings. The Balaban J connectivity index is 0.000000463. The van der Waals surface area contributed by atoms with Crippen LogP contribution in [-0.2, 0) is 4.79 Å². The van der Waals surface area contributed by atoms with Crippen molar-refractivity contribution in [1.29, 1.82) is 0 Å². The van der Waals surface area contributed by atoms with E-state index in [1.165, 1.54) is 57.4 Å². The lowest BCUT2D eigenvalue weighted by molar-refractivity contribution is -0.305. The van der Waals surface area contributed by atoms with Crippen LogP contribution in [0.5, 0.6) is 0 Å². The van der Waals surface area contributed by atoms with Crippen molar-refractivity contribution in [3.63, 3.8) is 0 Å². The fourth-order valence-electron chi connectivity index (χ4n) is 3.19. The van der Waals surface area contributed by atoms with E-state index in [9.17, 15) is 9.90 Å². The van der Waals surface area contributed by atoms with E-state index in [4.69, 9.17) is 0 Å². The number of carbonyl (C=O) groups is 1. The van der Waals surface area contributed by atoms with Crippen LogP contribution in [0.2, 0.25) is 0 Å². The molecule has 0 aliphatic rings. The summed E-state index contributed by atoms with van der Waals surface area (Å²) in [6.45, 7) is 12.5. The summed E-state index contributed by atoms with van der Waals surface area (Å²) >= 11 is 0. The summed E-state index contributed by atoms with van der Waals surface area (Å²) in [5, 5.41) is 10.0. The SMILES string of the molecule is CCCCCCCCCC(=O)[O-].CC[N+](CC)(CC)c1ccccc1. The van der Waals surface area contributed by atoms with Crippen molar-refractivity contribution in [2.45, 2.75) is 79.1 Å². The van der Waals surface area contributed by atoms with Crippen LogP contribution in [0.3, 0.4) is 0 Å². The summed E-state index contributed by atoms with van der Waals surface area (Å²) in [6, 6.07) is 10.8. The van der Waals surface area contributed by atoms with Crippen molar-refractivity contribution in [2.24, 2.45) is 0 Å². The van der Waals surface area contributed by atoms with E-state index in [1.807, 2.05) is 0 Å². The first kappa shape index (κ1) is 23.6. The van der Waals surface area contributed by atoms with Gasteiger partial charge in [-0.05, 0) is 45.7 Å². The Morgan fingerprint density at radius 1 is 0.800 bits per heavy atom. The molecule has 0 N–H and O–H groups in total. The Kier molecular flexibility index (Phi) is 14.1. The highest BCUT2D eigenvalue weighted by Crippen LogP contribution is 2.21. The molecule has 0 aliphatic heterocycles. The lowest BCUT2D eigenvalue weighted by Gasteiger charge is -2.35. The molecule has 144 valence electrons. The third-order valence-corrected chi connectivity index (χ3v) is 5.10. The van der Waals surface area contributed by atoms with Gasteiger partial charge in [-0.15, -0.1) is 0 Å². The Morgan fingerprint density at radius 2 is 1.28 bits per heavy atom. The van der Waals surface area contributed by atoms with Crippen molar-refractivity contribution in [3.05, 3.63) is 30.3 Å². The number of aliphatic carboxylic acids is 1. The van der Waals surface area contributed by atoms with Gasteiger partial charge in [0.25, 0.3) is 0 Å². The number of para-hydroxylation sites is 1. The second kappa shape index (κ2) is 14.9. The zero-order valence-corrected chi connectivity index (χ0v) is 16.9. The van der Waals surface area contributed by atoms with Gasteiger partial charge in [-0.2, -0.15) is 0 Å². The van der Waals surface area contributed by atoms with Crippen LogP contribution in [0.15, 0.2) is 30.3 Å². The van der Waals surface area contributed by atoms with E-state index >= 15 is 0 Å². The highest BCUT2D eigenvalue weighted by atomic mass is 16.4. The Hall–Kier alpha value is -1.35. The van der Waals surface area contributed by atoms with Crippen LogP contribution in [0.25, 0.3) is 0 Å². The molecule has 0 aromatic heterocycles. The number of rotatable bonds is 12. The number of unbranched alkanes of at least 4 members (excludes halogenated alkanes) is 6. The maximum absolute atomic E-state index is 10.0. The molecule has 0 heterocycles. The van der Waals surface area contributed by atoms with Crippen LogP contribution in [-0.4, -0.2) is 25.6 Å². The van der Waals surface area contributed by atoms with Crippen molar-refractivity contribution in [2.75, 3.05) is 19.6 Å². The third kappa shape index (κ3) is 10.3. The first-order chi connectivity index (χ1) is 12.1. The first-order valence-electron chi connectivity index (χ1n) is 10.2. The number of hydrogen-bond acceptors (Lipinski definition) is 2. The smallest absolute Gasteiger partial charge is 0.132 e. The standard InChI is InChI=1S/C12H20N.C10H20O2/c1-4-13(5-2,6-3)12-10-8-7-9-11-12;1-2-3-4-5-6-7-8-9-10(11)12/h7-11H,4-6H2,1-3H3;2-9H2,1H3,(H,11,12)/q+1;/p-1. The van der Waals surface area contributed by atoms with Gasteiger partial charge in [-0.1, -0.05) is 63.6 Å². The van der Waals surface area contributed by atoms with E-state index in [0.29, 0.717) is 0 Å². The highest BCUT2D eigenvalue weighted by Gasteiger charge is 2.23. The molecule has 0 aliphatic carbocycles. The Labute approximate surface area is 155 Å². The monoisotopic (exact) mass is 349 g/mol. The molecule has 3 nitrogen and oxygen atoms in total. The van der Waals surface area contributed by atoms with Crippen LogP contribution < -0.4 is 9.59 Å². The molecule has 25 heavy (non-hydrogen) atoms. The molecule has 0 saturated carbocycles. The second-order valence-electron chi connectivity index (χ2n) is 6.67. The zero-order valence-electron chi connectivity index (χ0n) is 16.9. The molecule has 0 bridgehead atoms. The maximum atomic E-state index is 10.0. The van der Waals surface area contributed by atoms with Gasteiger partial charge in [0.1, 0.15) is 5.69 Å². The van der Waals surface area contributed by atoms with Gasteiger partial charge >= 0.3 is 0 Å². The number of nitrogens with zero attached hydrogens (tertiary/aromatic N) is 1. The van der Waals surface area contributed by atoms with Gasteiger partial charge in [0.05, 0.1) is 19.6 Å². The lowest BCUT2D eigenvalue weighted by Crippen LogP contribution is -2.48. The first-order valence-corrected chi connectivity index (χ1v) is 10.2. The molecule has 0 atom stereocenters. The number of benzene rings is 1. The fraction of sp³-hybridized carbons (Fsp3) is 0.682. The molecule has 0 radical (unpaired) electrons. The van der Waals surface area contributed by atoms with E-state index in [1.54, 1.807) is 0 Å². The van der Waals surface area contributed by atoms with Crippen LogP contribution in [0.1, 0.15) is 79.1 Å². The summed E-state index contributed by atoms with van der Waals surface area (Å²) < 4.78 is 1.10. The molecular formula is C22H39NO2. The zero-order chi connectivity index (χ0) is 19.0. The molecule has 0 unspecified atom stereocenters. The van der Waals surface area contributed by atoms with E-state index in [0.717, 1.165) is 17.3 Å². The lowest BCUT2D eigenvalue weighted by atomic mass is 10.1. The quantitative estimate of drug-likeness (QED) is 0.396. The molecule has 1 rings (SSSR count). The van der Waals surface area contributed by atoms with E-state index in [-0.39, 0.29) is 6.42 Å². The van der Waals surface area contributed by atoms with Crippen LogP contribution in [0.4, 0.5) is 5.69 Å². The topological polar surface area (TPSA) is 40.1 Å². The average molecular weight is 350 g/mol. The largest absolute Gasteiger partial charge is 0.550 e. The second-order valence-corrected chi connectivity index (χ2v) is 6.67. The van der Waals surface area contributed by atoms with E-state index < -0.39 is 5.97 Å². The van der Waals surface area contributed by atoms with Crippen molar-refractivity contribution >= 4 is 11.7 Å². The number of hydrogen-bond donors (Lipinski definition) is 0. The van der Waals surface area contributed by atoms with E-state index in [2.05, 4.69) is 58.0 Å². The molecule has 1 aromatic carbocycles. The minimum Gasteiger partial charge on any atom is -0.550 e. The minimum atomic E-state index is -0.913. The number of carboxylic acids is 1. The number of quaternary nitrogens is 1. The third-order valence-electron chi connectivity index (χ3n) is 5.10. The Morgan fingerprint density at radius 3 is 1.72 bits per heavy atom. The predicted molar refractivity (Wildman–Crippen MR) is 107 cm³/mol. The number of carbonyl (C=O) groups excluding carboxylic acids is 1. The summed E-state index contributed by atoms with van der Waals surface area (Å²) in [4.78, 5) is 10.0. The molecule has 0 spiro atoms. The van der Waals surface area contributed by atoms with Crippen molar-refractivity contribution < 1.29 is 9.90 Å². The summed E-state index contributed by atoms with van der Waals surface area (Å²) in [6.07, 6.45) is 8.34. The minimum absolute atomic E-state index is 0.230. The van der Waals surface area contributed by atoms with Crippen molar-refractivity contribution in [3.8, 4) is 0 Å². The summed E-state index contributed by atoms with van der Waals surface area (Å²) in [7, 11) is 0. The number of carboxylic acid groups (broad SMARTS) is 1. The molecular weight excluding hydrogens is 310 g/mol. The molecule has 0 amide bonds. The maximum Gasteiger partial charge on any atom is 0.132 e. The molecule has 0 saturated heterocycles. The average Bonchev–Trinajstić information content (AvgIpc) is 2.64. The van der Waals surface area contributed by atoms with Gasteiger partial charge in [0.15, 0.2) is 0 Å². The van der Waals surface area contributed by atoms with Gasteiger partial charge in [0.2, 0.25) is 0 Å². The Bertz CT molecular complexity index is 419. The van der Waals surface area contributed by atoms with Crippen LogP contribution in [0, 0.1) is 0 Å². The van der Waals surface area contributed by atoms with Gasteiger partial charge in [-0.25, -0.2) is 0 Å². The van der Waals surface area contributed by atoms with Gasteiger partial charge < -0.3 is 9.90 Å². The molecule has 0 fully saturated rings. The molecule has 3 heteroatoms. The van der Waals surface area contributed by atoms with Gasteiger partial charge in [-0.3, -0.25) is 4.48 Å². The fourth-order valence-corrected chi connectivity index (χ4v) is 3.19. The summed E-state index contributed by atoms with van der Waals surface area (Å²) in [5.74, 6) is -0.913.